The third-order valence-corrected chi connectivity index (χ3v) is 5.22. The molecule has 6 nitrogen and oxygen atoms in total. The Morgan fingerprint density at radius 1 is 1.40 bits per heavy atom. The summed E-state index contributed by atoms with van der Waals surface area (Å²) in [6, 6.07) is 8.16. The van der Waals surface area contributed by atoms with Crippen LogP contribution in [-0.4, -0.2) is 34.8 Å². The summed E-state index contributed by atoms with van der Waals surface area (Å²) >= 11 is 6.23. The molecule has 2 aromatic rings. The zero-order valence-electron chi connectivity index (χ0n) is 14.0. The van der Waals surface area contributed by atoms with Crippen molar-refractivity contribution in [1.29, 1.82) is 0 Å². The molecule has 2 saturated heterocycles. The molecule has 25 heavy (non-hydrogen) atoms. The highest BCUT2D eigenvalue weighted by Gasteiger charge is 2.41. The average Bonchev–Trinajstić information content (AvgIpc) is 3.33. The van der Waals surface area contributed by atoms with Gasteiger partial charge in [-0.1, -0.05) is 37.1 Å². The van der Waals surface area contributed by atoms with Gasteiger partial charge in [-0.2, -0.15) is 5.10 Å². The Balaban J connectivity index is 1.43. The Bertz CT molecular complexity index is 774. The minimum absolute atomic E-state index is 0.0980. The van der Waals surface area contributed by atoms with Crippen LogP contribution in [0.4, 0.5) is 5.69 Å². The first-order chi connectivity index (χ1) is 12.2. The van der Waals surface area contributed by atoms with E-state index in [-0.39, 0.29) is 17.7 Å². The van der Waals surface area contributed by atoms with Crippen molar-refractivity contribution >= 4 is 23.2 Å². The van der Waals surface area contributed by atoms with Crippen LogP contribution in [0.3, 0.4) is 0 Å². The molecule has 4 rings (SSSR count). The molecule has 0 spiro atoms. The number of carbonyl (C=O) groups is 1. The van der Waals surface area contributed by atoms with Crippen molar-refractivity contribution < 1.29 is 9.53 Å². The first kappa shape index (κ1) is 16.6. The summed E-state index contributed by atoms with van der Waals surface area (Å²) in [6.45, 7) is 2.99. The number of benzene rings is 1. The molecule has 7 heteroatoms. The van der Waals surface area contributed by atoms with Gasteiger partial charge in [0, 0.05) is 18.3 Å². The van der Waals surface area contributed by atoms with Crippen LogP contribution in [0.2, 0.25) is 5.02 Å². The fourth-order valence-corrected chi connectivity index (χ4v) is 3.82. The van der Waals surface area contributed by atoms with Crippen molar-refractivity contribution in [2.45, 2.75) is 44.4 Å². The fraction of sp³-hybridized carbons (Fsp3) is 0.444. The van der Waals surface area contributed by atoms with Crippen LogP contribution in [0.1, 0.15) is 47.6 Å². The number of anilines is 1. The molecule has 2 aliphatic rings. The van der Waals surface area contributed by atoms with Crippen molar-refractivity contribution in [3.05, 3.63) is 46.2 Å². The summed E-state index contributed by atoms with van der Waals surface area (Å²) in [4.78, 5) is 12.4. The summed E-state index contributed by atoms with van der Waals surface area (Å²) in [5.74, 6) is -0.311. The molecule has 0 aliphatic carbocycles. The first-order valence-electron chi connectivity index (χ1n) is 8.68. The molecule has 2 bridgehead atoms. The van der Waals surface area contributed by atoms with Crippen molar-refractivity contribution in [2.24, 2.45) is 0 Å². The number of hydrogen-bond donors (Lipinski definition) is 3. The molecule has 3 heterocycles. The molecule has 2 aliphatic heterocycles. The van der Waals surface area contributed by atoms with E-state index in [0.29, 0.717) is 22.9 Å². The monoisotopic (exact) mass is 360 g/mol. The number of carbonyl (C=O) groups excluding carboxylic acids is 1. The van der Waals surface area contributed by atoms with Gasteiger partial charge >= 0.3 is 0 Å². The number of H-pyrrole nitrogens is 1. The molecule has 1 amide bonds. The largest absolute Gasteiger partial charge is 0.367 e. The average molecular weight is 361 g/mol. The number of hydrogen-bond acceptors (Lipinski definition) is 4. The standard InChI is InChI=1S/C18H21ClN4O2/c1-2-3-13-15(19)16(23-22-13)18(24)21-11-6-4-10(5-7-11)17-14-8-12(25-17)9-20-14/h4-7,12,14,17,20H,2-3,8-9H2,1H3,(H,21,24)(H,22,23)/t12-,14-,17+/m0/s1. The van der Waals surface area contributed by atoms with E-state index in [1.54, 1.807) is 0 Å². The lowest BCUT2D eigenvalue weighted by Crippen LogP contribution is -2.33. The minimum Gasteiger partial charge on any atom is -0.367 e. The van der Waals surface area contributed by atoms with Gasteiger partial charge in [0.15, 0.2) is 5.69 Å². The van der Waals surface area contributed by atoms with Crippen LogP contribution >= 0.6 is 11.6 Å². The van der Waals surface area contributed by atoms with E-state index >= 15 is 0 Å². The Kier molecular flexibility index (Phi) is 4.50. The van der Waals surface area contributed by atoms with Crippen LogP contribution in [0, 0.1) is 0 Å². The molecule has 0 unspecified atom stereocenters. The smallest absolute Gasteiger partial charge is 0.277 e. The van der Waals surface area contributed by atoms with Gasteiger partial charge < -0.3 is 15.4 Å². The maximum atomic E-state index is 12.4. The normalized spacial score (nSPS) is 24.6. The van der Waals surface area contributed by atoms with Crippen LogP contribution < -0.4 is 10.6 Å². The number of aryl methyl sites for hydroxylation is 1. The number of aromatic nitrogens is 2. The van der Waals surface area contributed by atoms with Gasteiger partial charge in [-0.3, -0.25) is 9.89 Å². The third-order valence-electron chi connectivity index (χ3n) is 4.82. The maximum Gasteiger partial charge on any atom is 0.277 e. The molecule has 0 radical (unpaired) electrons. The first-order valence-corrected chi connectivity index (χ1v) is 9.06. The Hall–Kier alpha value is -1.89. The number of aromatic amines is 1. The predicted molar refractivity (Wildman–Crippen MR) is 96.0 cm³/mol. The van der Waals surface area contributed by atoms with Crippen molar-refractivity contribution in [2.75, 3.05) is 11.9 Å². The summed E-state index contributed by atoms with van der Waals surface area (Å²) in [6.07, 6.45) is 3.20. The highest BCUT2D eigenvalue weighted by molar-refractivity contribution is 6.34. The molecule has 132 valence electrons. The van der Waals surface area contributed by atoms with E-state index in [1.807, 2.05) is 31.2 Å². The van der Waals surface area contributed by atoms with Gasteiger partial charge in [0.25, 0.3) is 5.91 Å². The molecule has 3 N–H and O–H groups in total. The quantitative estimate of drug-likeness (QED) is 0.765. The van der Waals surface area contributed by atoms with Gasteiger partial charge in [0.2, 0.25) is 0 Å². The zero-order chi connectivity index (χ0) is 17.4. The molecule has 1 aromatic carbocycles. The van der Waals surface area contributed by atoms with Gasteiger partial charge in [-0.05, 0) is 30.5 Å². The van der Waals surface area contributed by atoms with Crippen LogP contribution in [0.25, 0.3) is 0 Å². The van der Waals surface area contributed by atoms with E-state index in [1.165, 1.54) is 0 Å². The predicted octanol–water partition coefficient (Wildman–Crippen LogP) is 3.07. The van der Waals surface area contributed by atoms with Gasteiger partial charge in [-0.15, -0.1) is 0 Å². The molecule has 0 saturated carbocycles. The SMILES string of the molecule is CCCc1[nH]nc(C(=O)Nc2ccc([C@H]3O[C@@H]4CN[C@H]3C4)cc2)c1Cl. The van der Waals surface area contributed by atoms with E-state index in [0.717, 1.165) is 37.1 Å². The van der Waals surface area contributed by atoms with E-state index in [9.17, 15) is 4.79 Å². The van der Waals surface area contributed by atoms with E-state index < -0.39 is 0 Å². The van der Waals surface area contributed by atoms with Gasteiger partial charge in [-0.25, -0.2) is 0 Å². The lowest BCUT2D eigenvalue weighted by molar-refractivity contribution is 0.0160. The number of ether oxygens (including phenoxy) is 1. The molecular weight excluding hydrogens is 340 g/mol. The second-order valence-corrected chi connectivity index (χ2v) is 7.00. The second kappa shape index (κ2) is 6.78. The summed E-state index contributed by atoms with van der Waals surface area (Å²) in [5.41, 5.74) is 2.86. The van der Waals surface area contributed by atoms with Crippen molar-refractivity contribution in [3.8, 4) is 0 Å². The van der Waals surface area contributed by atoms with Crippen LogP contribution in [-0.2, 0) is 11.2 Å². The van der Waals surface area contributed by atoms with Crippen LogP contribution in [0.15, 0.2) is 24.3 Å². The topological polar surface area (TPSA) is 79.0 Å². The highest BCUT2D eigenvalue weighted by atomic mass is 35.5. The second-order valence-electron chi connectivity index (χ2n) is 6.62. The van der Waals surface area contributed by atoms with E-state index in [4.69, 9.17) is 16.3 Å². The number of morpholine rings is 1. The van der Waals surface area contributed by atoms with Crippen LogP contribution in [0.5, 0.6) is 0 Å². The summed E-state index contributed by atoms with van der Waals surface area (Å²) in [5, 5.41) is 13.6. The zero-order valence-corrected chi connectivity index (χ0v) is 14.8. The Labute approximate surface area is 151 Å². The molecule has 2 fully saturated rings. The lowest BCUT2D eigenvalue weighted by Gasteiger charge is -2.23. The number of halogens is 1. The Morgan fingerprint density at radius 2 is 2.20 bits per heavy atom. The molecule has 3 atom stereocenters. The number of nitrogens with one attached hydrogen (secondary N) is 3. The fourth-order valence-electron chi connectivity index (χ4n) is 3.56. The molecular formula is C18H21ClN4O2. The Morgan fingerprint density at radius 3 is 2.84 bits per heavy atom. The third kappa shape index (κ3) is 3.17. The number of amides is 1. The summed E-state index contributed by atoms with van der Waals surface area (Å²) < 4.78 is 6.00. The number of fused-ring (bicyclic) bond motifs is 2. The van der Waals surface area contributed by atoms with Gasteiger partial charge in [0.05, 0.1) is 22.9 Å². The van der Waals surface area contributed by atoms with Gasteiger partial charge in [0.1, 0.15) is 0 Å². The maximum absolute atomic E-state index is 12.4. The molecule has 1 aromatic heterocycles. The minimum atomic E-state index is -0.311. The highest BCUT2D eigenvalue weighted by Crippen LogP contribution is 2.37. The van der Waals surface area contributed by atoms with Crippen molar-refractivity contribution in [3.63, 3.8) is 0 Å². The van der Waals surface area contributed by atoms with E-state index in [2.05, 4.69) is 20.8 Å². The number of nitrogens with zero attached hydrogens (tertiary/aromatic N) is 1. The summed E-state index contributed by atoms with van der Waals surface area (Å²) in [7, 11) is 0. The number of rotatable bonds is 5. The van der Waals surface area contributed by atoms with Crippen molar-refractivity contribution in [1.82, 2.24) is 15.5 Å². The lowest BCUT2D eigenvalue weighted by atomic mass is 10.0.